The number of carbonyl (C=O) groups excluding carboxylic acids is 2. The van der Waals surface area contributed by atoms with Crippen molar-refractivity contribution in [3.63, 3.8) is 0 Å². The van der Waals surface area contributed by atoms with E-state index in [1.807, 2.05) is 0 Å². The summed E-state index contributed by atoms with van der Waals surface area (Å²) in [5, 5.41) is 11.1. The van der Waals surface area contributed by atoms with Crippen LogP contribution in [0.15, 0.2) is 0 Å². The van der Waals surface area contributed by atoms with E-state index < -0.39 is 68.0 Å². The third kappa shape index (κ3) is 19.1. The molecule has 0 amide bonds. The van der Waals surface area contributed by atoms with Crippen molar-refractivity contribution in [2.24, 2.45) is 0 Å². The highest BCUT2D eigenvalue weighted by Crippen LogP contribution is 2.44. The van der Waals surface area contributed by atoms with E-state index in [0.717, 1.165) is 0 Å². The topological polar surface area (TPSA) is 101 Å². The van der Waals surface area contributed by atoms with Gasteiger partial charge in [-0.25, -0.2) is 0 Å². The smallest absolute Gasteiger partial charge is 0.192 e. The van der Waals surface area contributed by atoms with Crippen molar-refractivity contribution in [2.45, 2.75) is 264 Å². The maximum Gasteiger partial charge on any atom is 0.192 e. The summed E-state index contributed by atoms with van der Waals surface area (Å²) in [4.78, 5) is 25.0. The molecule has 2 fully saturated rings. The molecule has 0 spiro atoms. The predicted molar refractivity (Wildman–Crippen MR) is 260 cm³/mol. The van der Waals surface area contributed by atoms with Crippen LogP contribution in [0.2, 0.25) is 118 Å². The third-order valence-electron chi connectivity index (χ3n) is 12.7. The summed E-state index contributed by atoms with van der Waals surface area (Å²) in [6.45, 7) is 60.0. The van der Waals surface area contributed by atoms with Crippen molar-refractivity contribution in [1.82, 2.24) is 0 Å². The minimum atomic E-state index is -2.05. The van der Waals surface area contributed by atoms with Gasteiger partial charge in [-0.3, -0.25) is 9.59 Å². The van der Waals surface area contributed by atoms with Crippen LogP contribution in [-0.4, -0.2) is 103 Å². The molecular formula is C43H96O8Si6. The summed E-state index contributed by atoms with van der Waals surface area (Å²) >= 11 is 0. The zero-order valence-corrected chi connectivity index (χ0v) is 48.6. The summed E-state index contributed by atoms with van der Waals surface area (Å²) in [5.41, 5.74) is 0. The summed E-state index contributed by atoms with van der Waals surface area (Å²) in [6.07, 6.45) is -0.705. The van der Waals surface area contributed by atoms with Crippen molar-refractivity contribution in [3.05, 3.63) is 0 Å². The number of hydrogen-bond acceptors (Lipinski definition) is 8. The van der Waals surface area contributed by atoms with Gasteiger partial charge in [0, 0.05) is 33.8 Å². The molecule has 0 radical (unpaired) electrons. The Morgan fingerprint density at radius 3 is 0.789 bits per heavy atom. The average molecular weight is 910 g/mol. The van der Waals surface area contributed by atoms with E-state index in [1.54, 1.807) is 0 Å². The first-order valence-electron chi connectivity index (χ1n) is 21.7. The van der Waals surface area contributed by atoms with Crippen LogP contribution >= 0.6 is 0 Å². The van der Waals surface area contributed by atoms with E-state index in [2.05, 4.69) is 181 Å². The molecule has 4 atom stereocenters. The van der Waals surface area contributed by atoms with Crippen molar-refractivity contribution < 1.29 is 36.8 Å². The summed E-state index contributed by atoms with van der Waals surface area (Å²) in [7, 11) is -10.6. The summed E-state index contributed by atoms with van der Waals surface area (Å²) < 4.78 is 32.9. The van der Waals surface area contributed by atoms with Gasteiger partial charge in [0.2, 0.25) is 0 Å². The molecule has 0 aromatic heterocycles. The van der Waals surface area contributed by atoms with Gasteiger partial charge >= 0.3 is 0 Å². The van der Waals surface area contributed by atoms with Crippen molar-refractivity contribution in [3.8, 4) is 0 Å². The number of ketones is 2. The van der Waals surface area contributed by atoms with Crippen LogP contribution in [0.3, 0.4) is 0 Å². The predicted octanol–water partition coefficient (Wildman–Crippen LogP) is 12.8. The fourth-order valence-corrected chi connectivity index (χ4v) is 11.7. The van der Waals surface area contributed by atoms with Crippen LogP contribution in [0, 0.1) is 0 Å². The van der Waals surface area contributed by atoms with Gasteiger partial charge in [-0.1, -0.05) is 109 Å². The van der Waals surface area contributed by atoms with Crippen LogP contribution in [0.1, 0.15) is 109 Å². The van der Waals surface area contributed by atoms with Gasteiger partial charge in [0.15, 0.2) is 41.6 Å². The molecule has 2 rings (SSSR count). The highest BCUT2D eigenvalue weighted by atomic mass is 28.4. The van der Waals surface area contributed by atoms with Gasteiger partial charge < -0.3 is 27.2 Å². The third-order valence-corrected chi connectivity index (χ3v) is 31.7. The molecular weight excluding hydrogens is 813 g/mol. The molecule has 2 saturated carbocycles. The van der Waals surface area contributed by atoms with Crippen LogP contribution in [-0.2, 0) is 31.7 Å². The molecule has 8 nitrogen and oxygen atoms in total. The molecule has 0 saturated heterocycles. The molecule has 1 N–H and O–H groups in total. The zero-order valence-electron chi connectivity index (χ0n) is 42.6. The molecule has 14 heteroatoms. The quantitative estimate of drug-likeness (QED) is 0.216. The lowest BCUT2D eigenvalue weighted by Gasteiger charge is -2.48. The molecule has 57 heavy (non-hydrogen) atoms. The summed E-state index contributed by atoms with van der Waals surface area (Å²) in [5.74, 6) is 0.371. The Bertz CT molecular complexity index is 1210. The monoisotopic (exact) mass is 909 g/mol. The second kappa shape index (κ2) is 19.8. The van der Waals surface area contributed by atoms with E-state index in [4.69, 9.17) is 22.1 Å². The molecule has 340 valence electrons. The van der Waals surface area contributed by atoms with Crippen LogP contribution in [0.4, 0.5) is 0 Å². The maximum atomic E-state index is 12.7. The second-order valence-electron chi connectivity index (χ2n) is 25.7. The van der Waals surface area contributed by atoms with Crippen molar-refractivity contribution in [1.29, 1.82) is 0 Å². The zero-order chi connectivity index (χ0) is 46.0. The van der Waals surface area contributed by atoms with Gasteiger partial charge in [-0.05, 0) is 92.2 Å². The Labute approximate surface area is 360 Å². The minimum absolute atomic E-state index is 0.0446. The van der Waals surface area contributed by atoms with Crippen LogP contribution < -0.4 is 0 Å². The number of Topliss-reactive ketones (excluding diaryl/α,β-unsaturated/α-hetero) is 2. The average Bonchev–Trinajstić information content (AvgIpc) is 2.89. The number of aliphatic hydroxyl groups is 1. The first-order chi connectivity index (χ1) is 24.6. The van der Waals surface area contributed by atoms with E-state index >= 15 is 0 Å². The lowest BCUT2D eigenvalue weighted by atomic mass is 9.91. The SMILES string of the molecule is CC(C)(C)[Si](C)(C)OC1CC(=O)CC(O[Si](C)(C)C(C)(C)C)C1O.CC(C)(C)[Si](C)(C)OC1CC(=O)CC(O[Si](C)(C)C(C)(C)C)C1O[Si](C)(C)C.C[Si](C)(C)C. The molecule has 0 heterocycles. The number of rotatable bonds is 10. The van der Waals surface area contributed by atoms with E-state index in [9.17, 15) is 14.7 Å². The number of hydrogen-bond donors (Lipinski definition) is 1. The van der Waals surface area contributed by atoms with Gasteiger partial charge in [0.05, 0.1) is 30.5 Å². The van der Waals surface area contributed by atoms with Crippen LogP contribution in [0.25, 0.3) is 0 Å². The first kappa shape index (κ1) is 57.4. The largest absolute Gasteiger partial charge is 0.411 e. The number of aliphatic hydroxyl groups excluding tert-OH is 1. The Kier molecular flexibility index (Phi) is 20.0. The van der Waals surface area contributed by atoms with E-state index in [-0.39, 0.29) is 50.0 Å². The molecule has 2 aliphatic rings. The highest BCUT2D eigenvalue weighted by molar-refractivity contribution is 6.76. The maximum absolute atomic E-state index is 12.7. The fourth-order valence-electron chi connectivity index (χ4n) is 5.24. The fraction of sp³-hybridized carbons (Fsp3) is 0.953. The Morgan fingerprint density at radius 1 is 0.404 bits per heavy atom. The van der Waals surface area contributed by atoms with E-state index in [0.29, 0.717) is 25.7 Å². The normalized spacial score (nSPS) is 25.3. The molecule has 0 bridgehead atoms. The van der Waals surface area contributed by atoms with Gasteiger partial charge in [0.1, 0.15) is 17.7 Å². The minimum Gasteiger partial charge on any atom is -0.411 e. The molecule has 0 aromatic rings. The highest BCUT2D eigenvalue weighted by Gasteiger charge is 2.51. The van der Waals surface area contributed by atoms with Gasteiger partial charge in [-0.15, -0.1) is 0 Å². The lowest BCUT2D eigenvalue weighted by molar-refractivity contribution is -0.136. The first-order valence-corrected chi connectivity index (χ1v) is 40.8. The second-order valence-corrected chi connectivity index (χ2v) is 55.2. The molecule has 2 aliphatic carbocycles. The molecule has 4 unspecified atom stereocenters. The Hall–Kier alpha value is 0.401. The number of carbonyl (C=O) groups is 2. The van der Waals surface area contributed by atoms with Gasteiger partial charge in [-0.2, -0.15) is 0 Å². The van der Waals surface area contributed by atoms with E-state index in [1.165, 1.54) is 0 Å². The van der Waals surface area contributed by atoms with Crippen molar-refractivity contribution >= 4 is 61.2 Å². The summed E-state index contributed by atoms with van der Waals surface area (Å²) in [6, 6.07) is 0. The molecule has 0 aromatic carbocycles. The van der Waals surface area contributed by atoms with Gasteiger partial charge in [0.25, 0.3) is 0 Å². The Morgan fingerprint density at radius 2 is 0.596 bits per heavy atom. The lowest BCUT2D eigenvalue weighted by Crippen LogP contribution is -2.59. The molecule has 0 aliphatic heterocycles. The van der Waals surface area contributed by atoms with Crippen LogP contribution in [0.5, 0.6) is 0 Å². The standard InChI is InChI=1S/C21H46O4Si3.C18H38O4Si2.C4H12Si/c1-20(2,3)27(10,11)23-17-14-16(22)15-18(19(17)25-26(7,8)9)24-28(12,13)21(4,5)6;1-17(2,3)23(7,8)21-14-11-13(19)12-15(16(14)20)22-24(9,10)18(4,5)6;1-5(2,3)4/h17-19H,14-15H2,1-13H3;14-16,20H,11-12H2,1-10H3;1-4H3. The van der Waals surface area contributed by atoms with Crippen molar-refractivity contribution in [2.75, 3.05) is 0 Å². The Balaban J connectivity index is 0.000000991.